The van der Waals surface area contributed by atoms with Gasteiger partial charge in [-0.1, -0.05) is 80.9 Å². The van der Waals surface area contributed by atoms with E-state index in [1.807, 2.05) is 113 Å². The van der Waals surface area contributed by atoms with Crippen LogP contribution in [0.15, 0.2) is 78.9 Å². The highest BCUT2D eigenvalue weighted by atomic mass is 31.2. The first-order valence-electron chi connectivity index (χ1n) is 14.9. The summed E-state index contributed by atoms with van der Waals surface area (Å²) in [5.41, 5.74) is 2.25. The Morgan fingerprint density at radius 1 is 0.905 bits per heavy atom. The first kappa shape index (κ1) is 31.5. The monoisotopic (exact) mass is 590 g/mol. The number of nitrogens with zero attached hydrogens (tertiary/aromatic N) is 2. The molecule has 3 amide bonds. The number of imide groups is 1. The number of rotatable bonds is 13. The third kappa shape index (κ3) is 6.48. The molecule has 0 N–H and O–H groups in total. The predicted molar refractivity (Wildman–Crippen MR) is 167 cm³/mol. The molecule has 2 atom stereocenters. The molecular formula is C34H43N2O5P. The second-order valence-corrected chi connectivity index (χ2v) is 13.4. The summed E-state index contributed by atoms with van der Waals surface area (Å²) in [6, 6.07) is 24.4. The molecule has 224 valence electrons. The van der Waals surface area contributed by atoms with E-state index in [-0.39, 0.29) is 18.1 Å². The number of aryl methyl sites for hydroxylation is 1. The van der Waals surface area contributed by atoms with Crippen molar-refractivity contribution in [1.82, 2.24) is 9.80 Å². The van der Waals surface area contributed by atoms with Crippen molar-refractivity contribution in [2.45, 2.75) is 72.8 Å². The molecule has 42 heavy (non-hydrogen) atoms. The summed E-state index contributed by atoms with van der Waals surface area (Å²) in [5.74, 6) is 0.358. The van der Waals surface area contributed by atoms with Gasteiger partial charge in [0.05, 0.1) is 12.8 Å². The van der Waals surface area contributed by atoms with E-state index in [9.17, 15) is 14.2 Å². The van der Waals surface area contributed by atoms with Gasteiger partial charge in [0.25, 0.3) is 0 Å². The molecule has 2 unspecified atom stereocenters. The quantitative estimate of drug-likeness (QED) is 0.152. The molecule has 0 aromatic heterocycles. The van der Waals surface area contributed by atoms with Gasteiger partial charge in [-0.25, -0.2) is 9.69 Å². The highest BCUT2D eigenvalue weighted by Gasteiger charge is 2.63. The van der Waals surface area contributed by atoms with E-state index in [4.69, 9.17) is 9.26 Å². The number of β-lactam (4-membered cyclic amide) rings is 1. The summed E-state index contributed by atoms with van der Waals surface area (Å²) in [6.45, 7) is 11.1. The van der Waals surface area contributed by atoms with Crippen molar-refractivity contribution in [2.24, 2.45) is 5.41 Å². The number of carbonyl (C=O) groups excluding carboxylic acids is 2. The lowest BCUT2D eigenvalue weighted by Gasteiger charge is -2.54. The minimum atomic E-state index is -3.09. The van der Waals surface area contributed by atoms with Crippen molar-refractivity contribution in [1.29, 1.82) is 0 Å². The zero-order valence-corrected chi connectivity index (χ0v) is 26.3. The van der Waals surface area contributed by atoms with Crippen LogP contribution in [-0.2, 0) is 26.6 Å². The third-order valence-corrected chi connectivity index (χ3v) is 10.7. The Labute approximate surface area is 250 Å². The summed E-state index contributed by atoms with van der Waals surface area (Å²) >= 11 is 0. The Morgan fingerprint density at radius 3 is 2.10 bits per heavy atom. The molecule has 1 fully saturated rings. The molecule has 0 aliphatic carbocycles. The van der Waals surface area contributed by atoms with Gasteiger partial charge in [-0.15, -0.1) is 0 Å². The Hall–Kier alpha value is -3.41. The molecule has 1 saturated heterocycles. The van der Waals surface area contributed by atoms with E-state index in [2.05, 4.69) is 0 Å². The van der Waals surface area contributed by atoms with Crippen molar-refractivity contribution in [3.8, 4) is 5.75 Å². The molecule has 3 aromatic carbocycles. The average Bonchev–Trinajstić information content (AvgIpc) is 3.00. The molecule has 4 rings (SSSR count). The third-order valence-electron chi connectivity index (χ3n) is 8.13. The van der Waals surface area contributed by atoms with E-state index >= 15 is 0 Å². The topological polar surface area (TPSA) is 76.2 Å². The Kier molecular flexibility index (Phi) is 10.3. The number of carbonyl (C=O) groups is 2. The van der Waals surface area contributed by atoms with Gasteiger partial charge in [0, 0.05) is 18.4 Å². The van der Waals surface area contributed by atoms with Gasteiger partial charge >= 0.3 is 6.03 Å². The van der Waals surface area contributed by atoms with Crippen LogP contribution in [0.3, 0.4) is 0 Å². The van der Waals surface area contributed by atoms with Gasteiger partial charge in [0.1, 0.15) is 11.2 Å². The maximum atomic E-state index is 13.8. The first-order chi connectivity index (χ1) is 20.2. The minimum Gasteiger partial charge on any atom is -0.469 e. The number of urea groups is 1. The SMILES string of the molecule is CCCN(Cc1ccc(C)cc1)C(=O)N1C(=O)C(CC)(CC)C1Oc1ccc(CP(=O)(OCC)c2ccccc2)cc1. The van der Waals surface area contributed by atoms with Crippen LogP contribution in [0, 0.1) is 12.3 Å². The van der Waals surface area contributed by atoms with Crippen molar-refractivity contribution < 1.29 is 23.4 Å². The Bertz CT molecular complexity index is 1390. The van der Waals surface area contributed by atoms with Crippen molar-refractivity contribution >= 4 is 24.6 Å². The van der Waals surface area contributed by atoms with Crippen LogP contribution in [-0.4, -0.2) is 41.1 Å². The van der Waals surface area contributed by atoms with Gasteiger partial charge in [0.2, 0.25) is 13.3 Å². The van der Waals surface area contributed by atoms with Gasteiger partial charge in [-0.2, -0.15) is 0 Å². The second kappa shape index (κ2) is 13.7. The van der Waals surface area contributed by atoms with Crippen LogP contribution in [0.4, 0.5) is 4.79 Å². The molecule has 0 saturated carbocycles. The second-order valence-electron chi connectivity index (χ2n) is 10.9. The molecule has 1 aliphatic rings. The zero-order chi connectivity index (χ0) is 30.3. The number of amides is 3. The fourth-order valence-electron chi connectivity index (χ4n) is 5.58. The number of likely N-dealkylation sites (tertiary alicyclic amines) is 1. The van der Waals surface area contributed by atoms with Crippen LogP contribution in [0.1, 0.15) is 63.6 Å². The summed E-state index contributed by atoms with van der Waals surface area (Å²) in [4.78, 5) is 30.4. The first-order valence-corrected chi connectivity index (χ1v) is 16.7. The lowest BCUT2D eigenvalue weighted by atomic mass is 9.72. The van der Waals surface area contributed by atoms with E-state index in [1.54, 1.807) is 4.90 Å². The highest BCUT2D eigenvalue weighted by molar-refractivity contribution is 7.66. The summed E-state index contributed by atoms with van der Waals surface area (Å²) in [5, 5.41) is 0.687. The molecule has 1 aliphatic heterocycles. The number of hydrogen-bond acceptors (Lipinski definition) is 5. The molecule has 1 heterocycles. The van der Waals surface area contributed by atoms with Crippen LogP contribution in [0.25, 0.3) is 0 Å². The number of benzene rings is 3. The van der Waals surface area contributed by atoms with Crippen molar-refractivity contribution in [2.75, 3.05) is 13.2 Å². The van der Waals surface area contributed by atoms with Crippen molar-refractivity contribution in [3.63, 3.8) is 0 Å². The fourth-order valence-corrected chi connectivity index (χ4v) is 7.74. The fraction of sp³-hybridized carbons (Fsp3) is 0.412. The van der Waals surface area contributed by atoms with Gasteiger partial charge in [-0.05, 0) is 68.5 Å². The van der Waals surface area contributed by atoms with Crippen LogP contribution in [0.2, 0.25) is 0 Å². The maximum absolute atomic E-state index is 13.8. The standard InChI is InChI=1S/C34H43N2O5P/c1-6-23-35(24-27-17-15-26(5)16-18-27)33(38)36-31(37)34(7-2,8-3)32(36)41-29-21-19-28(20-22-29)25-42(39,40-9-4)30-13-11-10-12-14-30/h10-22,32H,6-9,23-25H2,1-5H3. The molecule has 0 spiro atoms. The van der Waals surface area contributed by atoms with Gasteiger partial charge < -0.3 is 14.2 Å². The smallest absolute Gasteiger partial charge is 0.330 e. The molecule has 0 radical (unpaired) electrons. The van der Waals surface area contributed by atoms with E-state index < -0.39 is 19.0 Å². The van der Waals surface area contributed by atoms with Gasteiger partial charge in [-0.3, -0.25) is 9.36 Å². The van der Waals surface area contributed by atoms with E-state index in [1.165, 1.54) is 4.90 Å². The maximum Gasteiger partial charge on any atom is 0.330 e. The normalized spacial score (nSPS) is 17.3. The molecule has 3 aromatic rings. The van der Waals surface area contributed by atoms with Crippen LogP contribution < -0.4 is 10.0 Å². The zero-order valence-electron chi connectivity index (χ0n) is 25.4. The highest BCUT2D eigenvalue weighted by Crippen LogP contribution is 2.50. The molecule has 7 nitrogen and oxygen atoms in total. The Balaban J connectivity index is 1.54. The van der Waals surface area contributed by atoms with E-state index in [0.29, 0.717) is 43.6 Å². The van der Waals surface area contributed by atoms with E-state index in [0.717, 1.165) is 23.1 Å². The van der Waals surface area contributed by atoms with Gasteiger partial charge in [0.15, 0.2) is 6.23 Å². The Morgan fingerprint density at radius 2 is 1.52 bits per heavy atom. The summed E-state index contributed by atoms with van der Waals surface area (Å²) in [6.07, 6.45) is 1.45. The summed E-state index contributed by atoms with van der Waals surface area (Å²) in [7, 11) is -3.09. The number of hydrogen-bond donors (Lipinski definition) is 0. The van der Waals surface area contributed by atoms with Crippen molar-refractivity contribution in [3.05, 3.63) is 95.6 Å². The minimum absolute atomic E-state index is 0.190. The predicted octanol–water partition coefficient (Wildman–Crippen LogP) is 7.52. The molecule has 8 heteroatoms. The number of ether oxygens (including phenoxy) is 1. The van der Waals surface area contributed by atoms with Crippen LogP contribution >= 0.6 is 7.37 Å². The molecule has 0 bridgehead atoms. The average molecular weight is 591 g/mol. The largest absolute Gasteiger partial charge is 0.469 e. The molecular weight excluding hydrogens is 547 g/mol. The lowest BCUT2D eigenvalue weighted by Crippen LogP contribution is -2.73. The summed E-state index contributed by atoms with van der Waals surface area (Å²) < 4.78 is 25.9. The van der Waals surface area contributed by atoms with Crippen LogP contribution in [0.5, 0.6) is 5.75 Å². The lowest BCUT2D eigenvalue weighted by molar-refractivity contribution is -0.192.